The molecule has 2 saturated carbocycles. The molecule has 1 aromatic heterocycles. The maximum atomic E-state index is 13.7. The molecule has 2 fully saturated rings. The average Bonchev–Trinajstić information content (AvgIpc) is 3.41. The summed E-state index contributed by atoms with van der Waals surface area (Å²) in [5.74, 6) is 2.24. The molecule has 1 aromatic carbocycles. The average molecular weight is 405 g/mol. The van der Waals surface area contributed by atoms with Gasteiger partial charge in [-0.15, -0.1) is 10.2 Å². The van der Waals surface area contributed by atoms with Crippen molar-refractivity contribution < 1.29 is 13.9 Å². The predicted molar refractivity (Wildman–Crippen MR) is 105 cm³/mol. The van der Waals surface area contributed by atoms with Gasteiger partial charge in [0.1, 0.15) is 6.61 Å². The third-order valence-electron chi connectivity index (χ3n) is 5.72. The van der Waals surface area contributed by atoms with Crippen LogP contribution in [0.2, 0.25) is 0 Å². The van der Waals surface area contributed by atoms with Crippen LogP contribution >= 0.6 is 11.8 Å². The number of thioether (sulfide) groups is 1. The van der Waals surface area contributed by atoms with E-state index in [-0.39, 0.29) is 18.3 Å². The minimum atomic E-state index is -0.406. The lowest BCUT2D eigenvalue weighted by molar-refractivity contribution is -0.119. The molecule has 2 aliphatic rings. The van der Waals surface area contributed by atoms with E-state index in [1.165, 1.54) is 37.1 Å². The summed E-state index contributed by atoms with van der Waals surface area (Å²) >= 11 is 1.38. The molecular weight excluding hydrogens is 379 g/mol. The standard InChI is InChI=1S/C20H25FN4O2S/c1-2-25-18(11-27-17-6-4-3-5-15(17)21)23-24-20(25)28-12-19(26)22-16-10-13-7-8-14(16)9-13/h3-6,13-14,16H,2,7-12H2,1H3,(H,22,26)/t13-,14-,16+/m0/s1. The number of hydrogen-bond donors (Lipinski definition) is 1. The van der Waals surface area contributed by atoms with Crippen LogP contribution in [0, 0.1) is 17.7 Å². The van der Waals surface area contributed by atoms with Gasteiger partial charge in [0.15, 0.2) is 22.5 Å². The van der Waals surface area contributed by atoms with Gasteiger partial charge in [-0.05, 0) is 50.2 Å². The van der Waals surface area contributed by atoms with Gasteiger partial charge < -0.3 is 14.6 Å². The molecule has 0 unspecified atom stereocenters. The summed E-state index contributed by atoms with van der Waals surface area (Å²) in [4.78, 5) is 12.3. The first-order valence-corrected chi connectivity index (χ1v) is 10.8. The first-order chi connectivity index (χ1) is 13.6. The molecule has 1 N–H and O–H groups in total. The predicted octanol–water partition coefficient (Wildman–Crippen LogP) is 3.41. The van der Waals surface area contributed by atoms with Crippen LogP contribution in [0.1, 0.15) is 38.4 Å². The molecule has 2 aromatic rings. The van der Waals surface area contributed by atoms with Gasteiger partial charge >= 0.3 is 0 Å². The highest BCUT2D eigenvalue weighted by Crippen LogP contribution is 2.44. The summed E-state index contributed by atoms with van der Waals surface area (Å²) < 4.78 is 21.1. The molecule has 0 saturated heterocycles. The van der Waals surface area contributed by atoms with Crippen LogP contribution in [-0.4, -0.2) is 32.5 Å². The first-order valence-electron chi connectivity index (χ1n) is 9.85. The molecular formula is C20H25FN4O2S. The topological polar surface area (TPSA) is 69.0 Å². The van der Waals surface area contributed by atoms with Crippen LogP contribution in [0.3, 0.4) is 0 Å². The second kappa shape index (κ2) is 8.51. The van der Waals surface area contributed by atoms with Crippen molar-refractivity contribution in [1.82, 2.24) is 20.1 Å². The van der Waals surface area contributed by atoms with Gasteiger partial charge in [0.25, 0.3) is 0 Å². The van der Waals surface area contributed by atoms with Crippen molar-refractivity contribution in [3.05, 3.63) is 35.9 Å². The van der Waals surface area contributed by atoms with E-state index in [1.807, 2.05) is 11.5 Å². The highest BCUT2D eigenvalue weighted by molar-refractivity contribution is 7.99. The van der Waals surface area contributed by atoms with E-state index >= 15 is 0 Å². The van der Waals surface area contributed by atoms with Gasteiger partial charge in [-0.1, -0.05) is 30.3 Å². The van der Waals surface area contributed by atoms with Gasteiger partial charge in [-0.25, -0.2) is 4.39 Å². The number of nitrogens with one attached hydrogen (secondary N) is 1. The summed E-state index contributed by atoms with van der Waals surface area (Å²) in [7, 11) is 0. The Morgan fingerprint density at radius 3 is 2.89 bits per heavy atom. The number of nitrogens with zero attached hydrogens (tertiary/aromatic N) is 3. The molecule has 1 heterocycles. The normalized spacial score (nSPS) is 23.1. The second-order valence-corrected chi connectivity index (χ2v) is 8.44. The van der Waals surface area contributed by atoms with Gasteiger partial charge in [0.05, 0.1) is 5.75 Å². The van der Waals surface area contributed by atoms with Crippen molar-refractivity contribution in [3.63, 3.8) is 0 Å². The molecule has 3 atom stereocenters. The molecule has 0 radical (unpaired) electrons. The number of para-hydroxylation sites is 1. The monoisotopic (exact) mass is 404 g/mol. The Bertz CT molecular complexity index is 843. The zero-order chi connectivity index (χ0) is 19.5. The van der Waals surface area contributed by atoms with Crippen LogP contribution in [-0.2, 0) is 17.9 Å². The molecule has 4 rings (SSSR count). The van der Waals surface area contributed by atoms with Crippen molar-refractivity contribution in [2.45, 2.75) is 57.0 Å². The largest absolute Gasteiger partial charge is 0.483 e. The number of fused-ring (bicyclic) bond motifs is 2. The van der Waals surface area contributed by atoms with Crippen molar-refractivity contribution in [1.29, 1.82) is 0 Å². The minimum absolute atomic E-state index is 0.0531. The molecule has 150 valence electrons. The van der Waals surface area contributed by atoms with Crippen LogP contribution in [0.15, 0.2) is 29.4 Å². The van der Waals surface area contributed by atoms with E-state index < -0.39 is 5.82 Å². The van der Waals surface area contributed by atoms with E-state index in [0.717, 1.165) is 12.3 Å². The van der Waals surface area contributed by atoms with E-state index in [4.69, 9.17) is 4.74 Å². The summed E-state index contributed by atoms with van der Waals surface area (Å²) in [5.41, 5.74) is 0. The molecule has 1 amide bonds. The fraction of sp³-hybridized carbons (Fsp3) is 0.550. The fourth-order valence-electron chi connectivity index (χ4n) is 4.35. The van der Waals surface area contributed by atoms with Crippen molar-refractivity contribution >= 4 is 17.7 Å². The van der Waals surface area contributed by atoms with E-state index in [1.54, 1.807) is 18.2 Å². The number of benzene rings is 1. The first kappa shape index (κ1) is 19.2. The zero-order valence-electron chi connectivity index (χ0n) is 15.9. The number of ether oxygens (including phenoxy) is 1. The highest BCUT2D eigenvalue weighted by atomic mass is 32.2. The van der Waals surface area contributed by atoms with Crippen molar-refractivity contribution in [3.8, 4) is 5.75 Å². The van der Waals surface area contributed by atoms with Crippen LogP contribution < -0.4 is 10.1 Å². The lowest BCUT2D eigenvalue weighted by Crippen LogP contribution is -2.39. The lowest BCUT2D eigenvalue weighted by Gasteiger charge is -2.22. The molecule has 2 bridgehead atoms. The molecule has 0 aliphatic heterocycles. The Balaban J connectivity index is 1.31. The van der Waals surface area contributed by atoms with Crippen LogP contribution in [0.4, 0.5) is 4.39 Å². The maximum Gasteiger partial charge on any atom is 0.230 e. The smallest absolute Gasteiger partial charge is 0.230 e. The van der Waals surface area contributed by atoms with E-state index in [2.05, 4.69) is 15.5 Å². The number of aromatic nitrogens is 3. The zero-order valence-corrected chi connectivity index (χ0v) is 16.8. The summed E-state index contributed by atoms with van der Waals surface area (Å²) in [6.45, 7) is 2.76. The molecule has 0 spiro atoms. The number of carbonyl (C=O) groups excluding carboxylic acids is 1. The maximum absolute atomic E-state index is 13.7. The van der Waals surface area contributed by atoms with Gasteiger partial charge in [0, 0.05) is 12.6 Å². The molecule has 2 aliphatic carbocycles. The quantitative estimate of drug-likeness (QED) is 0.683. The number of amides is 1. The Morgan fingerprint density at radius 1 is 1.32 bits per heavy atom. The Labute approximate surface area is 168 Å². The second-order valence-electron chi connectivity index (χ2n) is 7.50. The summed E-state index contributed by atoms with van der Waals surface area (Å²) in [5, 5.41) is 12.2. The number of rotatable bonds is 8. The summed E-state index contributed by atoms with van der Waals surface area (Å²) in [6.07, 6.45) is 4.97. The van der Waals surface area contributed by atoms with Crippen molar-refractivity contribution in [2.75, 3.05) is 5.75 Å². The van der Waals surface area contributed by atoms with E-state index in [0.29, 0.717) is 35.2 Å². The third-order valence-corrected chi connectivity index (χ3v) is 6.69. The Kier molecular flexibility index (Phi) is 5.85. The molecule has 8 heteroatoms. The third kappa shape index (κ3) is 4.16. The number of hydrogen-bond acceptors (Lipinski definition) is 5. The van der Waals surface area contributed by atoms with E-state index in [9.17, 15) is 9.18 Å². The minimum Gasteiger partial charge on any atom is -0.483 e. The van der Waals surface area contributed by atoms with Crippen LogP contribution in [0.5, 0.6) is 5.75 Å². The SMILES string of the molecule is CCn1c(COc2ccccc2F)nnc1SCC(=O)N[C@@H]1C[C@H]2CC[C@H]1C2. The lowest BCUT2D eigenvalue weighted by atomic mass is 9.95. The molecule has 28 heavy (non-hydrogen) atoms. The van der Waals surface area contributed by atoms with Gasteiger partial charge in [0.2, 0.25) is 5.91 Å². The van der Waals surface area contributed by atoms with Crippen molar-refractivity contribution in [2.24, 2.45) is 11.8 Å². The fourth-order valence-corrected chi connectivity index (χ4v) is 5.19. The Hall–Kier alpha value is -2.09. The number of carbonyl (C=O) groups is 1. The van der Waals surface area contributed by atoms with Crippen LogP contribution in [0.25, 0.3) is 0 Å². The Morgan fingerprint density at radius 2 is 2.18 bits per heavy atom. The number of halogens is 1. The molecule has 6 nitrogen and oxygen atoms in total. The van der Waals surface area contributed by atoms with Gasteiger partial charge in [-0.2, -0.15) is 0 Å². The van der Waals surface area contributed by atoms with Gasteiger partial charge in [-0.3, -0.25) is 4.79 Å². The summed E-state index contributed by atoms with van der Waals surface area (Å²) in [6, 6.07) is 6.63. The highest BCUT2D eigenvalue weighted by Gasteiger charge is 2.40.